The van der Waals surface area contributed by atoms with Crippen LogP contribution in [0.2, 0.25) is 0 Å². The molecule has 1 aliphatic heterocycles. The van der Waals surface area contributed by atoms with Gasteiger partial charge in [-0.15, -0.1) is 0 Å². The van der Waals surface area contributed by atoms with E-state index >= 15 is 0 Å². The molecule has 0 bridgehead atoms. The van der Waals surface area contributed by atoms with E-state index in [4.69, 9.17) is 0 Å². The molecule has 1 saturated heterocycles. The fourth-order valence-corrected chi connectivity index (χ4v) is 6.14. The molecule has 0 N–H and O–H groups in total. The van der Waals surface area contributed by atoms with Crippen LogP contribution in [0.15, 0.2) is 54.2 Å². The van der Waals surface area contributed by atoms with E-state index in [2.05, 4.69) is 13.5 Å². The summed E-state index contributed by atoms with van der Waals surface area (Å²) in [6, 6.07) is 4.96. The lowest BCUT2D eigenvalue weighted by molar-refractivity contribution is -0.143. The molecule has 4 rings (SSSR count). The zero-order valence-electron chi connectivity index (χ0n) is 23.0. The van der Waals surface area contributed by atoms with Gasteiger partial charge >= 0.3 is 18.5 Å². The van der Waals surface area contributed by atoms with Gasteiger partial charge in [0.2, 0.25) is 0 Å². The molecule has 0 spiro atoms. The number of hydrogen-bond acceptors (Lipinski definition) is 1. The molecule has 224 valence electrons. The van der Waals surface area contributed by atoms with Gasteiger partial charge in [0.1, 0.15) is 0 Å². The van der Waals surface area contributed by atoms with Crippen molar-refractivity contribution in [2.45, 2.75) is 83.4 Å². The maximum atomic E-state index is 13.6. The summed E-state index contributed by atoms with van der Waals surface area (Å²) in [6.45, 7) is 10.0. The first-order chi connectivity index (χ1) is 18.9. The van der Waals surface area contributed by atoms with Crippen LogP contribution in [0, 0.1) is 5.92 Å². The number of likely N-dealkylation sites (tertiary alicyclic amines) is 1. The summed E-state index contributed by atoms with van der Waals surface area (Å²) in [7, 11) is 0. The first kappa shape index (κ1) is 31.0. The van der Waals surface area contributed by atoms with E-state index in [-0.39, 0.29) is 24.0 Å². The van der Waals surface area contributed by atoms with Crippen molar-refractivity contribution in [1.82, 2.24) is 4.90 Å². The lowest BCUT2D eigenvalue weighted by atomic mass is 9.79. The molecule has 0 saturated carbocycles. The van der Waals surface area contributed by atoms with Crippen molar-refractivity contribution >= 4 is 5.57 Å². The Bertz CT molecular complexity index is 1300. The highest BCUT2D eigenvalue weighted by molar-refractivity contribution is 5.73. The summed E-state index contributed by atoms with van der Waals surface area (Å²) in [5.74, 6) is -0.403. The second kappa shape index (κ2) is 11.1. The molecule has 0 radical (unpaired) electrons. The van der Waals surface area contributed by atoms with Crippen molar-refractivity contribution in [3.63, 3.8) is 0 Å². The Kier molecular flexibility index (Phi) is 8.37. The van der Waals surface area contributed by atoms with Crippen LogP contribution in [0.1, 0.15) is 85.8 Å². The van der Waals surface area contributed by atoms with E-state index in [0.29, 0.717) is 37.1 Å². The van der Waals surface area contributed by atoms with E-state index < -0.39 is 47.2 Å². The zero-order valence-corrected chi connectivity index (χ0v) is 23.0. The van der Waals surface area contributed by atoms with Gasteiger partial charge in [-0.1, -0.05) is 26.5 Å². The SMILES string of the molecule is C=C1CC(c2cc(C(F)(F)F)cc(C(F)(F)F)c2)C(C)N1CC1=C(c2cc(C(F)(F)F)ccc2CC)CCC(C)C1. The van der Waals surface area contributed by atoms with E-state index in [1.54, 1.807) is 6.92 Å². The molecule has 3 atom stereocenters. The third-order valence-corrected chi connectivity index (χ3v) is 8.39. The largest absolute Gasteiger partial charge is 0.416 e. The average molecular weight is 590 g/mol. The zero-order chi connectivity index (χ0) is 30.5. The number of rotatable bonds is 5. The van der Waals surface area contributed by atoms with Crippen LogP contribution in [0.25, 0.3) is 5.57 Å². The molecule has 1 aliphatic carbocycles. The monoisotopic (exact) mass is 589 g/mol. The molecule has 10 heteroatoms. The molecule has 3 unspecified atom stereocenters. The Hall–Kier alpha value is -2.91. The second-order valence-corrected chi connectivity index (χ2v) is 11.2. The van der Waals surface area contributed by atoms with Crippen LogP contribution in [0.3, 0.4) is 0 Å². The number of nitrogens with zero attached hydrogens (tertiary/aromatic N) is 1. The summed E-state index contributed by atoms with van der Waals surface area (Å²) in [5.41, 5.74) is 0.126. The predicted molar refractivity (Wildman–Crippen MR) is 140 cm³/mol. The van der Waals surface area contributed by atoms with Gasteiger partial charge in [0.15, 0.2) is 0 Å². The van der Waals surface area contributed by atoms with Crippen molar-refractivity contribution in [1.29, 1.82) is 0 Å². The molecule has 1 heterocycles. The van der Waals surface area contributed by atoms with Gasteiger partial charge < -0.3 is 4.90 Å². The predicted octanol–water partition coefficient (Wildman–Crippen LogP) is 10.3. The van der Waals surface area contributed by atoms with E-state index in [1.165, 1.54) is 12.1 Å². The highest BCUT2D eigenvalue weighted by Gasteiger charge is 2.41. The van der Waals surface area contributed by atoms with E-state index in [1.807, 2.05) is 11.8 Å². The van der Waals surface area contributed by atoms with Gasteiger partial charge in [-0.3, -0.25) is 0 Å². The van der Waals surface area contributed by atoms with Gasteiger partial charge in [0.05, 0.1) is 16.7 Å². The van der Waals surface area contributed by atoms with Crippen LogP contribution >= 0.6 is 0 Å². The quantitative estimate of drug-likeness (QED) is 0.314. The van der Waals surface area contributed by atoms with Gasteiger partial charge in [-0.05, 0) is 103 Å². The van der Waals surface area contributed by atoms with Gasteiger partial charge in [-0.25, -0.2) is 0 Å². The number of benzene rings is 2. The van der Waals surface area contributed by atoms with Gasteiger partial charge in [-0.2, -0.15) is 39.5 Å². The minimum Gasteiger partial charge on any atom is -0.368 e. The van der Waals surface area contributed by atoms with Crippen LogP contribution in [-0.4, -0.2) is 17.5 Å². The molecule has 1 fully saturated rings. The summed E-state index contributed by atoms with van der Waals surface area (Å²) >= 11 is 0. The molecule has 0 aromatic heterocycles. The molecule has 2 aromatic carbocycles. The first-order valence-electron chi connectivity index (χ1n) is 13.5. The second-order valence-electron chi connectivity index (χ2n) is 11.2. The Balaban J connectivity index is 1.73. The maximum absolute atomic E-state index is 13.6. The third-order valence-electron chi connectivity index (χ3n) is 8.39. The fraction of sp³-hybridized carbons (Fsp3) is 0.484. The number of allylic oxidation sites excluding steroid dienone is 2. The fourth-order valence-electron chi connectivity index (χ4n) is 6.14. The normalized spacial score (nSPS) is 22.6. The minimum absolute atomic E-state index is 0.0688. The third kappa shape index (κ3) is 6.61. The molecule has 2 aliphatic rings. The van der Waals surface area contributed by atoms with Crippen LogP contribution < -0.4 is 0 Å². The number of hydrogen-bond donors (Lipinski definition) is 0. The average Bonchev–Trinajstić information content (AvgIpc) is 3.15. The Labute approximate surface area is 233 Å². The Morgan fingerprint density at radius 1 is 0.805 bits per heavy atom. The van der Waals surface area contributed by atoms with Crippen molar-refractivity contribution in [2.24, 2.45) is 5.92 Å². The van der Waals surface area contributed by atoms with Gasteiger partial charge in [0.25, 0.3) is 0 Å². The molecule has 2 aromatic rings. The number of halogens is 9. The van der Waals surface area contributed by atoms with Crippen molar-refractivity contribution in [2.75, 3.05) is 6.54 Å². The summed E-state index contributed by atoms with van der Waals surface area (Å²) in [4.78, 5) is 1.88. The highest BCUT2D eigenvalue weighted by Crippen LogP contribution is 2.46. The molecular weight excluding hydrogens is 557 g/mol. The first-order valence-corrected chi connectivity index (χ1v) is 13.5. The summed E-state index contributed by atoms with van der Waals surface area (Å²) in [6.07, 6.45) is -11.7. The smallest absolute Gasteiger partial charge is 0.368 e. The summed E-state index contributed by atoms with van der Waals surface area (Å²) < 4.78 is 122. The van der Waals surface area contributed by atoms with Crippen molar-refractivity contribution < 1.29 is 39.5 Å². The van der Waals surface area contributed by atoms with Crippen LogP contribution in [0.4, 0.5) is 39.5 Å². The number of aryl methyl sites for hydroxylation is 1. The van der Waals surface area contributed by atoms with Gasteiger partial charge in [0, 0.05) is 24.2 Å². The Morgan fingerprint density at radius 3 is 1.93 bits per heavy atom. The van der Waals surface area contributed by atoms with Crippen LogP contribution in [-0.2, 0) is 24.9 Å². The summed E-state index contributed by atoms with van der Waals surface area (Å²) in [5, 5.41) is 0. The highest BCUT2D eigenvalue weighted by atomic mass is 19.4. The molecular formula is C31H32F9N. The maximum Gasteiger partial charge on any atom is 0.416 e. The van der Waals surface area contributed by atoms with Crippen molar-refractivity contribution in [3.05, 3.63) is 87.6 Å². The number of alkyl halides is 9. The van der Waals surface area contributed by atoms with Crippen LogP contribution in [0.5, 0.6) is 0 Å². The van der Waals surface area contributed by atoms with E-state index in [0.717, 1.165) is 41.3 Å². The minimum atomic E-state index is -4.95. The van der Waals surface area contributed by atoms with Crippen molar-refractivity contribution in [3.8, 4) is 0 Å². The Morgan fingerprint density at radius 2 is 1.39 bits per heavy atom. The molecule has 0 amide bonds. The lowest BCUT2D eigenvalue weighted by Gasteiger charge is -2.33. The lowest BCUT2D eigenvalue weighted by Crippen LogP contribution is -2.31. The topological polar surface area (TPSA) is 3.24 Å². The van der Waals surface area contributed by atoms with E-state index in [9.17, 15) is 39.5 Å². The molecule has 1 nitrogen and oxygen atoms in total. The standard InChI is InChI=1S/C31H32F9N/c1-5-20-7-8-23(29(32,33)34)15-28(20)26-9-6-17(2)10-22(26)16-41-18(3)11-27(19(41)4)21-12-24(30(35,36)37)14-25(13-21)31(38,39)40/h7-8,12-15,17,19,27H,3,5-6,9-11,16H2,1-2,4H3. The molecule has 41 heavy (non-hydrogen) atoms.